The highest BCUT2D eigenvalue weighted by Crippen LogP contribution is 2.31. The van der Waals surface area contributed by atoms with Crippen molar-refractivity contribution >= 4 is 11.6 Å². The SMILES string of the molecule is Cc1cnc(C2CCCCC2)nc1Cl. The molecule has 1 aromatic rings. The maximum atomic E-state index is 5.98. The van der Waals surface area contributed by atoms with Crippen LogP contribution in [-0.4, -0.2) is 9.97 Å². The summed E-state index contributed by atoms with van der Waals surface area (Å²) >= 11 is 5.98. The Morgan fingerprint density at radius 2 is 2.00 bits per heavy atom. The third-order valence-electron chi connectivity index (χ3n) is 2.90. The van der Waals surface area contributed by atoms with Gasteiger partial charge in [-0.2, -0.15) is 0 Å². The minimum absolute atomic E-state index is 0.543. The molecule has 0 bridgehead atoms. The van der Waals surface area contributed by atoms with Crippen LogP contribution in [0.4, 0.5) is 0 Å². The predicted molar refractivity (Wildman–Crippen MR) is 57.6 cm³/mol. The van der Waals surface area contributed by atoms with Crippen molar-refractivity contribution in [3.8, 4) is 0 Å². The molecule has 0 saturated heterocycles. The highest BCUT2D eigenvalue weighted by molar-refractivity contribution is 6.30. The zero-order chi connectivity index (χ0) is 9.97. The van der Waals surface area contributed by atoms with Gasteiger partial charge in [-0.25, -0.2) is 9.97 Å². The van der Waals surface area contributed by atoms with Gasteiger partial charge in [-0.15, -0.1) is 0 Å². The molecule has 0 aliphatic heterocycles. The Morgan fingerprint density at radius 3 is 2.64 bits per heavy atom. The first-order chi connectivity index (χ1) is 6.77. The fourth-order valence-electron chi connectivity index (χ4n) is 1.99. The molecule has 1 heterocycles. The van der Waals surface area contributed by atoms with E-state index in [4.69, 9.17) is 11.6 Å². The van der Waals surface area contributed by atoms with Crippen LogP contribution in [0.5, 0.6) is 0 Å². The highest BCUT2D eigenvalue weighted by atomic mass is 35.5. The largest absolute Gasteiger partial charge is 0.241 e. The fraction of sp³-hybridized carbons (Fsp3) is 0.636. The van der Waals surface area contributed by atoms with Gasteiger partial charge < -0.3 is 0 Å². The molecule has 0 spiro atoms. The Hall–Kier alpha value is -0.630. The standard InChI is InChI=1S/C11H15ClN2/c1-8-7-13-11(14-10(8)12)9-5-3-2-4-6-9/h7,9H,2-6H2,1H3. The molecule has 1 saturated carbocycles. The van der Waals surface area contributed by atoms with E-state index < -0.39 is 0 Å². The van der Waals surface area contributed by atoms with E-state index in [1.807, 2.05) is 13.1 Å². The van der Waals surface area contributed by atoms with E-state index in [-0.39, 0.29) is 0 Å². The lowest BCUT2D eigenvalue weighted by molar-refractivity contribution is 0.428. The second-order valence-electron chi connectivity index (χ2n) is 4.04. The van der Waals surface area contributed by atoms with E-state index in [2.05, 4.69) is 9.97 Å². The third-order valence-corrected chi connectivity index (χ3v) is 3.28. The number of hydrogen-bond donors (Lipinski definition) is 0. The van der Waals surface area contributed by atoms with Gasteiger partial charge in [0.2, 0.25) is 0 Å². The molecule has 1 aliphatic carbocycles. The van der Waals surface area contributed by atoms with Gasteiger partial charge in [0.25, 0.3) is 0 Å². The van der Waals surface area contributed by atoms with Gasteiger partial charge >= 0.3 is 0 Å². The summed E-state index contributed by atoms with van der Waals surface area (Å²) in [5.74, 6) is 1.49. The van der Waals surface area contributed by atoms with Crippen LogP contribution in [0.2, 0.25) is 5.15 Å². The Kier molecular flexibility index (Phi) is 3.02. The van der Waals surface area contributed by atoms with Crippen molar-refractivity contribution in [2.45, 2.75) is 44.9 Å². The summed E-state index contributed by atoms with van der Waals surface area (Å²) in [5, 5.41) is 0.612. The van der Waals surface area contributed by atoms with Crippen molar-refractivity contribution in [1.29, 1.82) is 0 Å². The van der Waals surface area contributed by atoms with E-state index in [1.54, 1.807) is 0 Å². The van der Waals surface area contributed by atoms with Crippen LogP contribution in [0, 0.1) is 6.92 Å². The molecule has 1 aliphatic rings. The topological polar surface area (TPSA) is 25.8 Å². The quantitative estimate of drug-likeness (QED) is 0.664. The van der Waals surface area contributed by atoms with Crippen LogP contribution in [0.1, 0.15) is 49.4 Å². The van der Waals surface area contributed by atoms with Gasteiger partial charge in [-0.3, -0.25) is 0 Å². The highest BCUT2D eigenvalue weighted by Gasteiger charge is 2.18. The summed E-state index contributed by atoms with van der Waals surface area (Å²) in [6.07, 6.45) is 8.24. The molecule has 2 rings (SSSR count). The Balaban J connectivity index is 2.18. The smallest absolute Gasteiger partial charge is 0.135 e. The first kappa shape index (κ1) is 9.91. The van der Waals surface area contributed by atoms with Crippen LogP contribution in [0.3, 0.4) is 0 Å². The van der Waals surface area contributed by atoms with Crippen molar-refractivity contribution < 1.29 is 0 Å². The normalized spacial score (nSPS) is 18.4. The molecule has 0 amide bonds. The van der Waals surface area contributed by atoms with Crippen molar-refractivity contribution in [2.24, 2.45) is 0 Å². The monoisotopic (exact) mass is 210 g/mol. The molecule has 2 nitrogen and oxygen atoms in total. The van der Waals surface area contributed by atoms with Gasteiger partial charge in [-0.1, -0.05) is 30.9 Å². The van der Waals surface area contributed by atoms with E-state index in [1.165, 1.54) is 32.1 Å². The minimum atomic E-state index is 0.543. The summed E-state index contributed by atoms with van der Waals surface area (Å²) in [6.45, 7) is 1.94. The molecule has 3 heteroatoms. The Labute approximate surface area is 89.7 Å². The van der Waals surface area contributed by atoms with E-state index in [0.29, 0.717) is 11.1 Å². The molecule has 76 valence electrons. The summed E-state index contributed by atoms with van der Waals surface area (Å²) < 4.78 is 0. The van der Waals surface area contributed by atoms with Gasteiger partial charge in [0.1, 0.15) is 11.0 Å². The molecular formula is C11H15ClN2. The average molecular weight is 211 g/mol. The maximum Gasteiger partial charge on any atom is 0.135 e. The van der Waals surface area contributed by atoms with E-state index in [0.717, 1.165) is 11.4 Å². The van der Waals surface area contributed by atoms with Crippen LogP contribution in [-0.2, 0) is 0 Å². The second kappa shape index (κ2) is 4.26. The van der Waals surface area contributed by atoms with Crippen molar-refractivity contribution in [2.75, 3.05) is 0 Å². The van der Waals surface area contributed by atoms with E-state index >= 15 is 0 Å². The number of hydrogen-bond acceptors (Lipinski definition) is 2. The summed E-state index contributed by atoms with van der Waals surface area (Å²) in [5.41, 5.74) is 0.964. The maximum absolute atomic E-state index is 5.98. The third kappa shape index (κ3) is 2.06. The molecule has 0 atom stereocenters. The van der Waals surface area contributed by atoms with Gasteiger partial charge in [-0.05, 0) is 19.8 Å². The Bertz CT molecular complexity index is 319. The molecule has 1 fully saturated rings. The lowest BCUT2D eigenvalue weighted by Crippen LogP contribution is -2.09. The summed E-state index contributed by atoms with van der Waals surface area (Å²) in [4.78, 5) is 8.72. The van der Waals surface area contributed by atoms with Crippen LogP contribution in [0.25, 0.3) is 0 Å². The molecule has 1 aromatic heterocycles. The van der Waals surface area contributed by atoms with E-state index in [9.17, 15) is 0 Å². The van der Waals surface area contributed by atoms with Crippen molar-refractivity contribution in [3.05, 3.63) is 22.7 Å². The summed E-state index contributed by atoms with van der Waals surface area (Å²) in [6, 6.07) is 0. The zero-order valence-corrected chi connectivity index (χ0v) is 9.22. The van der Waals surface area contributed by atoms with Crippen LogP contribution < -0.4 is 0 Å². The molecule has 14 heavy (non-hydrogen) atoms. The number of halogens is 1. The molecule has 0 radical (unpaired) electrons. The second-order valence-corrected chi connectivity index (χ2v) is 4.39. The van der Waals surface area contributed by atoms with Crippen molar-refractivity contribution in [1.82, 2.24) is 9.97 Å². The van der Waals surface area contributed by atoms with Crippen molar-refractivity contribution in [3.63, 3.8) is 0 Å². The van der Waals surface area contributed by atoms with Gasteiger partial charge in [0.15, 0.2) is 0 Å². The predicted octanol–water partition coefficient (Wildman–Crippen LogP) is 3.49. The van der Waals surface area contributed by atoms with Gasteiger partial charge in [0.05, 0.1) is 0 Å². The minimum Gasteiger partial charge on any atom is -0.241 e. The lowest BCUT2D eigenvalue weighted by atomic mass is 9.89. The lowest BCUT2D eigenvalue weighted by Gasteiger charge is -2.20. The van der Waals surface area contributed by atoms with Gasteiger partial charge in [0, 0.05) is 17.7 Å². The molecule has 0 aromatic carbocycles. The number of nitrogens with zero attached hydrogens (tertiary/aromatic N) is 2. The fourth-order valence-corrected chi connectivity index (χ4v) is 2.13. The first-order valence-electron chi connectivity index (χ1n) is 5.26. The zero-order valence-electron chi connectivity index (χ0n) is 8.46. The number of aryl methyl sites for hydroxylation is 1. The van der Waals surface area contributed by atoms with Crippen LogP contribution in [0.15, 0.2) is 6.20 Å². The number of aromatic nitrogens is 2. The molecular weight excluding hydrogens is 196 g/mol. The molecule has 0 N–H and O–H groups in total. The Morgan fingerprint density at radius 1 is 1.29 bits per heavy atom. The molecule has 0 unspecified atom stereocenters. The van der Waals surface area contributed by atoms with Crippen LogP contribution >= 0.6 is 11.6 Å². The number of rotatable bonds is 1. The first-order valence-corrected chi connectivity index (χ1v) is 5.64. The average Bonchev–Trinajstić information content (AvgIpc) is 2.23. The summed E-state index contributed by atoms with van der Waals surface area (Å²) in [7, 11) is 0.